The molecule has 1 aromatic rings. The Labute approximate surface area is 120 Å². The molecule has 2 nitrogen and oxygen atoms in total. The summed E-state index contributed by atoms with van der Waals surface area (Å²) in [5, 5.41) is 0.630. The van der Waals surface area contributed by atoms with Crippen molar-refractivity contribution in [3.63, 3.8) is 0 Å². The molecule has 3 heteroatoms. The Morgan fingerprint density at radius 3 is 2.37 bits per heavy atom. The zero-order chi connectivity index (χ0) is 14.3. The number of allylic oxidation sites excluding steroid dienone is 1. The Balaban J connectivity index is 2.73. The minimum atomic E-state index is 0.630. The van der Waals surface area contributed by atoms with E-state index in [0.29, 0.717) is 11.2 Å². The van der Waals surface area contributed by atoms with E-state index in [0.717, 1.165) is 5.57 Å². The van der Waals surface area contributed by atoms with Crippen LogP contribution in [-0.2, 0) is 0 Å². The van der Waals surface area contributed by atoms with Crippen LogP contribution in [0.3, 0.4) is 0 Å². The van der Waals surface area contributed by atoms with Crippen LogP contribution in [0.15, 0.2) is 45.3 Å². The predicted octanol–water partition coefficient (Wildman–Crippen LogP) is 4.91. The maximum absolute atomic E-state index is 4.04. The number of aliphatic imine (C=N–C) groups is 2. The van der Waals surface area contributed by atoms with Crippen LogP contribution in [0.4, 0.5) is 0 Å². The summed E-state index contributed by atoms with van der Waals surface area (Å²) in [4.78, 5) is 8.93. The first-order valence-corrected chi connectivity index (χ1v) is 7.34. The van der Waals surface area contributed by atoms with Crippen molar-refractivity contribution in [2.24, 2.45) is 15.9 Å². The number of nitrogens with zero attached hydrogens (tertiary/aromatic N) is 2. The maximum atomic E-state index is 4.04. The van der Waals surface area contributed by atoms with Crippen LogP contribution < -0.4 is 0 Å². The number of hydrogen-bond acceptors (Lipinski definition) is 2. The molecule has 0 heterocycles. The van der Waals surface area contributed by atoms with E-state index in [1.165, 1.54) is 16.8 Å². The second kappa shape index (κ2) is 7.95. The van der Waals surface area contributed by atoms with Gasteiger partial charge in [-0.15, -0.1) is 11.8 Å². The average molecular weight is 274 g/mol. The van der Waals surface area contributed by atoms with Crippen molar-refractivity contribution in [1.29, 1.82) is 0 Å². The predicted molar refractivity (Wildman–Crippen MR) is 88.3 cm³/mol. The molecule has 0 N–H and O–H groups in total. The molecule has 1 rings (SSSR count). The van der Waals surface area contributed by atoms with Crippen molar-refractivity contribution in [2.45, 2.75) is 37.8 Å². The fourth-order valence-electron chi connectivity index (χ4n) is 1.41. The Kier molecular flexibility index (Phi) is 6.57. The van der Waals surface area contributed by atoms with Crippen LogP contribution >= 0.6 is 11.8 Å². The smallest absolute Gasteiger partial charge is 0.114 e. The monoisotopic (exact) mass is 274 g/mol. The second-order valence-electron chi connectivity index (χ2n) is 4.85. The van der Waals surface area contributed by atoms with Crippen LogP contribution in [0.1, 0.15) is 33.3 Å². The summed E-state index contributed by atoms with van der Waals surface area (Å²) in [5.41, 5.74) is 2.30. The highest BCUT2D eigenvalue weighted by Crippen LogP contribution is 2.28. The van der Waals surface area contributed by atoms with Crippen molar-refractivity contribution in [1.82, 2.24) is 0 Å². The summed E-state index contributed by atoms with van der Waals surface area (Å²) in [6, 6.07) is 8.62. The topological polar surface area (TPSA) is 24.7 Å². The second-order valence-corrected chi connectivity index (χ2v) is 6.30. The number of benzene rings is 1. The molecule has 0 radical (unpaired) electrons. The summed E-state index contributed by atoms with van der Waals surface area (Å²) >= 11 is 1.92. The molecular weight excluding hydrogens is 252 g/mol. The van der Waals surface area contributed by atoms with Gasteiger partial charge < -0.3 is 0 Å². The molecule has 1 aromatic carbocycles. The summed E-state index contributed by atoms with van der Waals surface area (Å²) in [6.45, 7) is 12.2. The first-order chi connectivity index (χ1) is 9.04. The first-order valence-electron chi connectivity index (χ1n) is 6.46. The van der Waals surface area contributed by atoms with Gasteiger partial charge in [0.2, 0.25) is 0 Å². The molecule has 0 aliphatic carbocycles. The van der Waals surface area contributed by atoms with E-state index < -0.39 is 0 Å². The third kappa shape index (κ3) is 5.43. The van der Waals surface area contributed by atoms with E-state index in [1.807, 2.05) is 18.7 Å². The highest BCUT2D eigenvalue weighted by molar-refractivity contribution is 8.00. The standard InChI is InChI=1S/C16H22N2S/c1-12(2)14(4)19-16-8-6-15(7-9-16)13(3)10-18-11-17-5/h6-12,14H,5H2,1-4H3/b13-10+,18-11?/t14-/m0/s1. The lowest BCUT2D eigenvalue weighted by Gasteiger charge is -2.15. The van der Waals surface area contributed by atoms with Crippen molar-refractivity contribution in [3.05, 3.63) is 36.0 Å². The van der Waals surface area contributed by atoms with Gasteiger partial charge >= 0.3 is 0 Å². The third-order valence-corrected chi connectivity index (χ3v) is 4.45. The SMILES string of the molecule is C=NC=N/C=C(\C)c1ccc(S[C@@H](C)C(C)C)cc1. The maximum Gasteiger partial charge on any atom is 0.114 e. The Hall–Kier alpha value is -1.35. The lowest BCUT2D eigenvalue weighted by molar-refractivity contribution is 0.642. The van der Waals surface area contributed by atoms with Gasteiger partial charge in [0.25, 0.3) is 0 Å². The summed E-state index contributed by atoms with van der Waals surface area (Å²) in [5.74, 6) is 0.687. The minimum absolute atomic E-state index is 0.630. The molecule has 0 amide bonds. The van der Waals surface area contributed by atoms with Crippen molar-refractivity contribution < 1.29 is 0 Å². The molecule has 0 spiro atoms. The fraction of sp³-hybridized carbons (Fsp3) is 0.375. The molecule has 0 bridgehead atoms. The summed E-state index contributed by atoms with van der Waals surface area (Å²) < 4.78 is 0. The van der Waals surface area contributed by atoms with Gasteiger partial charge in [-0.1, -0.05) is 32.9 Å². The molecule has 0 aliphatic rings. The number of thioether (sulfide) groups is 1. The molecule has 0 unspecified atom stereocenters. The van der Waals surface area contributed by atoms with E-state index >= 15 is 0 Å². The van der Waals surface area contributed by atoms with Crippen molar-refractivity contribution in [3.8, 4) is 0 Å². The van der Waals surface area contributed by atoms with Crippen LogP contribution in [0.25, 0.3) is 5.57 Å². The Bertz CT molecular complexity index is 458. The molecule has 0 saturated heterocycles. The van der Waals surface area contributed by atoms with Gasteiger partial charge in [-0.25, -0.2) is 4.99 Å². The summed E-state index contributed by atoms with van der Waals surface area (Å²) in [7, 11) is 0. The molecule has 19 heavy (non-hydrogen) atoms. The summed E-state index contributed by atoms with van der Waals surface area (Å²) in [6.07, 6.45) is 3.24. The van der Waals surface area contributed by atoms with Crippen LogP contribution in [0, 0.1) is 5.92 Å². The molecule has 1 atom stereocenters. The molecule has 0 aromatic heterocycles. The van der Waals surface area contributed by atoms with E-state index in [2.05, 4.69) is 61.7 Å². The lowest BCUT2D eigenvalue weighted by Crippen LogP contribution is -2.04. The van der Waals surface area contributed by atoms with E-state index in [-0.39, 0.29) is 0 Å². The Morgan fingerprint density at radius 2 is 1.84 bits per heavy atom. The largest absolute Gasteiger partial charge is 0.253 e. The molecular formula is C16H22N2S. The van der Waals surface area contributed by atoms with Crippen molar-refractivity contribution in [2.75, 3.05) is 0 Å². The number of hydrogen-bond donors (Lipinski definition) is 0. The van der Waals surface area contributed by atoms with Gasteiger partial charge in [0.05, 0.1) is 0 Å². The highest BCUT2D eigenvalue weighted by atomic mass is 32.2. The average Bonchev–Trinajstić information content (AvgIpc) is 2.39. The van der Waals surface area contributed by atoms with E-state index in [9.17, 15) is 0 Å². The zero-order valence-corrected chi connectivity index (χ0v) is 12.9. The van der Waals surface area contributed by atoms with E-state index in [4.69, 9.17) is 0 Å². The molecule has 0 fully saturated rings. The van der Waals surface area contributed by atoms with Crippen LogP contribution in [0.5, 0.6) is 0 Å². The minimum Gasteiger partial charge on any atom is -0.253 e. The van der Waals surface area contributed by atoms with Gasteiger partial charge in [0.15, 0.2) is 0 Å². The van der Waals surface area contributed by atoms with Gasteiger partial charge in [0, 0.05) is 16.3 Å². The molecule has 0 saturated carbocycles. The lowest BCUT2D eigenvalue weighted by atomic mass is 10.1. The fourth-order valence-corrected chi connectivity index (χ4v) is 2.41. The third-order valence-electron chi connectivity index (χ3n) is 2.99. The first kappa shape index (κ1) is 15.7. The highest BCUT2D eigenvalue weighted by Gasteiger charge is 2.08. The van der Waals surface area contributed by atoms with Crippen LogP contribution in [-0.4, -0.2) is 18.3 Å². The van der Waals surface area contributed by atoms with Gasteiger partial charge in [0.1, 0.15) is 6.34 Å². The van der Waals surface area contributed by atoms with E-state index in [1.54, 1.807) is 6.20 Å². The van der Waals surface area contributed by atoms with Gasteiger partial charge in [-0.2, -0.15) is 0 Å². The zero-order valence-electron chi connectivity index (χ0n) is 12.1. The van der Waals surface area contributed by atoms with Crippen LogP contribution in [0.2, 0.25) is 0 Å². The molecule has 102 valence electrons. The molecule has 0 aliphatic heterocycles. The van der Waals surface area contributed by atoms with Gasteiger partial charge in [-0.05, 0) is 42.8 Å². The normalized spacial score (nSPS) is 14.1. The quantitative estimate of drug-likeness (QED) is 0.411. The number of rotatable bonds is 6. The Morgan fingerprint density at radius 1 is 1.21 bits per heavy atom. The van der Waals surface area contributed by atoms with Gasteiger partial charge in [-0.3, -0.25) is 4.99 Å². The van der Waals surface area contributed by atoms with Crippen molar-refractivity contribution >= 4 is 30.4 Å².